The van der Waals surface area contributed by atoms with Gasteiger partial charge in [0.05, 0.1) is 14.4 Å². The molecule has 19 heavy (non-hydrogen) atoms. The summed E-state index contributed by atoms with van der Waals surface area (Å²) in [6, 6.07) is 3.11. The third-order valence-corrected chi connectivity index (χ3v) is 7.76. The first-order valence-corrected chi connectivity index (χ1v) is 10.5. The summed E-state index contributed by atoms with van der Waals surface area (Å²) in [5.41, 5.74) is 1.47. The van der Waals surface area contributed by atoms with E-state index in [1.165, 1.54) is 32.6 Å². The number of halogens is 1. The quantitative estimate of drug-likeness (QED) is 0.762. The van der Waals surface area contributed by atoms with E-state index in [1.807, 2.05) is 11.3 Å². The minimum Gasteiger partial charge on any atom is -0.307 e. The van der Waals surface area contributed by atoms with E-state index in [-0.39, 0.29) is 0 Å². The average molecular weight is 411 g/mol. The molecule has 3 rings (SSSR count). The molecule has 6 heteroatoms. The Balaban J connectivity index is 1.68. The Morgan fingerprint density at radius 3 is 2.74 bits per heavy atom. The highest BCUT2D eigenvalue weighted by molar-refractivity contribution is 14.1. The lowest BCUT2D eigenvalue weighted by molar-refractivity contribution is 0.375. The number of hydrogen-bond donors (Lipinski definition) is 1. The zero-order chi connectivity index (χ0) is 13.5. The van der Waals surface area contributed by atoms with Crippen molar-refractivity contribution in [2.24, 2.45) is 0 Å². The van der Waals surface area contributed by atoms with Gasteiger partial charge in [-0.05, 0) is 66.3 Å². The molecule has 2 heterocycles. The lowest BCUT2D eigenvalue weighted by Gasteiger charge is -2.31. The van der Waals surface area contributed by atoms with Gasteiger partial charge in [0.15, 0.2) is 0 Å². The number of fused-ring (bicyclic) bond motifs is 1. The standard InChI is InChI=1S/C13H18INO2S2/c14-13-8-10-11(2-1-3-12(10)18-13)15-9-4-6-19(16,17)7-5-9/h8-9,11,15H,1-7H2. The Bertz CT molecular complexity index is 553. The SMILES string of the molecule is O=S1(=O)CCC(NC2CCCc3sc(I)cc32)CC1. The van der Waals surface area contributed by atoms with Crippen molar-refractivity contribution in [1.82, 2.24) is 5.32 Å². The Kier molecular flexibility index (Phi) is 4.22. The smallest absolute Gasteiger partial charge is 0.150 e. The predicted octanol–water partition coefficient (Wildman–Crippen LogP) is 2.90. The molecule has 1 saturated heterocycles. The van der Waals surface area contributed by atoms with Gasteiger partial charge < -0.3 is 5.32 Å². The van der Waals surface area contributed by atoms with Crippen molar-refractivity contribution in [3.05, 3.63) is 19.4 Å². The molecule has 1 N–H and O–H groups in total. The fourth-order valence-electron chi connectivity index (χ4n) is 3.04. The lowest BCUT2D eigenvalue weighted by atomic mass is 9.93. The molecule has 0 radical (unpaired) electrons. The Hall–Kier alpha value is 0.340. The minimum atomic E-state index is -2.75. The van der Waals surface area contributed by atoms with E-state index >= 15 is 0 Å². The van der Waals surface area contributed by atoms with Gasteiger partial charge in [-0.3, -0.25) is 0 Å². The van der Waals surface area contributed by atoms with Crippen LogP contribution in [0.1, 0.15) is 42.2 Å². The van der Waals surface area contributed by atoms with E-state index in [2.05, 4.69) is 34.0 Å². The molecule has 0 aromatic carbocycles. The summed E-state index contributed by atoms with van der Waals surface area (Å²) in [6.45, 7) is 0. The summed E-state index contributed by atoms with van der Waals surface area (Å²) in [5.74, 6) is 0.705. The van der Waals surface area contributed by atoms with E-state index in [0.29, 0.717) is 23.6 Å². The summed E-state index contributed by atoms with van der Waals surface area (Å²) >= 11 is 4.30. The van der Waals surface area contributed by atoms with Crippen molar-refractivity contribution in [3.63, 3.8) is 0 Å². The molecule has 0 bridgehead atoms. The third kappa shape index (κ3) is 3.33. The highest BCUT2D eigenvalue weighted by Crippen LogP contribution is 2.37. The highest BCUT2D eigenvalue weighted by Gasteiger charge is 2.28. The second kappa shape index (κ2) is 5.61. The molecule has 1 aliphatic carbocycles. The number of thiophene rings is 1. The molecule has 1 fully saturated rings. The van der Waals surface area contributed by atoms with Crippen LogP contribution in [0.4, 0.5) is 0 Å². The van der Waals surface area contributed by atoms with Crippen LogP contribution in [0, 0.1) is 2.88 Å². The van der Waals surface area contributed by atoms with E-state index < -0.39 is 9.84 Å². The van der Waals surface area contributed by atoms with Gasteiger partial charge in [0.25, 0.3) is 0 Å². The van der Waals surface area contributed by atoms with Crippen molar-refractivity contribution in [3.8, 4) is 0 Å². The van der Waals surface area contributed by atoms with Crippen molar-refractivity contribution in [2.75, 3.05) is 11.5 Å². The van der Waals surface area contributed by atoms with Crippen molar-refractivity contribution in [2.45, 2.75) is 44.2 Å². The minimum absolute atomic E-state index is 0.353. The molecule has 3 nitrogen and oxygen atoms in total. The molecular weight excluding hydrogens is 393 g/mol. The van der Waals surface area contributed by atoms with Crippen LogP contribution in [0.15, 0.2) is 6.07 Å². The van der Waals surface area contributed by atoms with E-state index in [4.69, 9.17) is 0 Å². The normalized spacial score (nSPS) is 27.1. The van der Waals surface area contributed by atoms with Crippen molar-refractivity contribution in [1.29, 1.82) is 0 Å². The van der Waals surface area contributed by atoms with Crippen LogP contribution in [-0.4, -0.2) is 26.0 Å². The third-order valence-electron chi connectivity index (χ3n) is 4.08. The van der Waals surface area contributed by atoms with Crippen LogP contribution in [0.5, 0.6) is 0 Å². The second-order valence-electron chi connectivity index (χ2n) is 5.47. The fraction of sp³-hybridized carbons (Fsp3) is 0.692. The van der Waals surface area contributed by atoms with Crippen molar-refractivity contribution < 1.29 is 8.42 Å². The van der Waals surface area contributed by atoms with Crippen LogP contribution in [0.25, 0.3) is 0 Å². The molecule has 1 atom stereocenters. The van der Waals surface area contributed by atoms with Gasteiger partial charge >= 0.3 is 0 Å². The Morgan fingerprint density at radius 2 is 2.00 bits per heavy atom. The van der Waals surface area contributed by atoms with E-state index in [1.54, 1.807) is 0 Å². The largest absolute Gasteiger partial charge is 0.307 e. The number of aryl methyl sites for hydroxylation is 1. The zero-order valence-electron chi connectivity index (χ0n) is 10.7. The molecule has 1 aromatic rings. The van der Waals surface area contributed by atoms with Gasteiger partial charge in [-0.2, -0.15) is 0 Å². The Morgan fingerprint density at radius 1 is 1.26 bits per heavy atom. The average Bonchev–Trinajstić information content (AvgIpc) is 2.73. The van der Waals surface area contributed by atoms with Gasteiger partial charge in [-0.1, -0.05) is 0 Å². The molecule has 1 aromatic heterocycles. The van der Waals surface area contributed by atoms with E-state index in [9.17, 15) is 8.42 Å². The molecule has 2 aliphatic rings. The first-order valence-electron chi connectivity index (χ1n) is 6.78. The monoisotopic (exact) mass is 411 g/mol. The first-order chi connectivity index (χ1) is 9.03. The number of nitrogens with one attached hydrogen (secondary N) is 1. The summed E-state index contributed by atoms with van der Waals surface area (Å²) in [7, 11) is -2.75. The maximum Gasteiger partial charge on any atom is 0.150 e. The fourth-order valence-corrected chi connectivity index (χ4v) is 6.65. The summed E-state index contributed by atoms with van der Waals surface area (Å²) in [5, 5.41) is 3.70. The van der Waals surface area contributed by atoms with Gasteiger partial charge in [-0.25, -0.2) is 8.42 Å². The van der Waals surface area contributed by atoms with Crippen LogP contribution < -0.4 is 5.32 Å². The summed E-state index contributed by atoms with van der Waals surface area (Å²) in [4.78, 5) is 1.52. The summed E-state index contributed by atoms with van der Waals surface area (Å²) < 4.78 is 24.3. The van der Waals surface area contributed by atoms with E-state index in [0.717, 1.165) is 12.8 Å². The maximum absolute atomic E-state index is 11.5. The number of hydrogen-bond acceptors (Lipinski definition) is 4. The topological polar surface area (TPSA) is 46.2 Å². The molecule has 0 saturated carbocycles. The maximum atomic E-state index is 11.5. The highest BCUT2D eigenvalue weighted by atomic mass is 127. The van der Waals surface area contributed by atoms with Crippen LogP contribution in [-0.2, 0) is 16.3 Å². The molecular formula is C13H18INO2S2. The van der Waals surface area contributed by atoms with Crippen LogP contribution >= 0.6 is 33.9 Å². The van der Waals surface area contributed by atoms with Gasteiger partial charge in [0, 0.05) is 17.0 Å². The zero-order valence-corrected chi connectivity index (χ0v) is 14.5. The van der Waals surface area contributed by atoms with Crippen LogP contribution in [0.2, 0.25) is 0 Å². The molecule has 106 valence electrons. The van der Waals surface area contributed by atoms with Gasteiger partial charge in [0.2, 0.25) is 0 Å². The second-order valence-corrected chi connectivity index (χ2v) is 10.8. The summed E-state index contributed by atoms with van der Waals surface area (Å²) in [6.07, 6.45) is 5.18. The Labute approximate surface area is 132 Å². The first kappa shape index (κ1) is 14.3. The van der Waals surface area contributed by atoms with Crippen molar-refractivity contribution >= 4 is 43.8 Å². The van der Waals surface area contributed by atoms with Crippen LogP contribution in [0.3, 0.4) is 0 Å². The molecule has 1 aliphatic heterocycles. The number of rotatable bonds is 2. The lowest BCUT2D eigenvalue weighted by Crippen LogP contribution is -2.40. The number of sulfone groups is 1. The van der Waals surface area contributed by atoms with Gasteiger partial charge in [-0.15, -0.1) is 11.3 Å². The van der Waals surface area contributed by atoms with Gasteiger partial charge in [0.1, 0.15) is 9.84 Å². The molecule has 0 spiro atoms. The predicted molar refractivity (Wildman–Crippen MR) is 87.5 cm³/mol. The molecule has 0 amide bonds. The molecule has 1 unspecified atom stereocenters.